The third-order valence-electron chi connectivity index (χ3n) is 7.97. The standard InChI is InChI=1S/C28H28FN3O/c1-4-17-5-8-26(31-16-17)32-27(33)28(2,3)21-13-18-11-20(12-19(18)14-21)23-9-10-30-25-7-6-22(29)15-24(23)25/h1,5-10,15-16,18-21H,11-14H2,2-3H3,(H,31,32,33)/t18-,19?,20-,21-/m1/s1. The van der Waals surface area contributed by atoms with E-state index in [-0.39, 0.29) is 11.7 Å². The zero-order valence-corrected chi connectivity index (χ0v) is 19.0. The molecule has 0 radical (unpaired) electrons. The maximum absolute atomic E-state index is 13.9. The third kappa shape index (κ3) is 3.99. The highest BCUT2D eigenvalue weighted by Crippen LogP contribution is 2.56. The Balaban J connectivity index is 1.27. The molecule has 0 spiro atoms. The average Bonchev–Trinajstić information content (AvgIpc) is 3.39. The van der Waals surface area contributed by atoms with Crippen molar-refractivity contribution in [3.05, 3.63) is 65.7 Å². The average molecular weight is 442 g/mol. The van der Waals surface area contributed by atoms with Crippen molar-refractivity contribution in [3.63, 3.8) is 0 Å². The van der Waals surface area contributed by atoms with Gasteiger partial charge in [0, 0.05) is 28.8 Å². The van der Waals surface area contributed by atoms with Crippen LogP contribution in [0.1, 0.15) is 56.6 Å². The number of nitrogens with one attached hydrogen (secondary N) is 1. The molecule has 2 aliphatic carbocycles. The molecule has 1 unspecified atom stereocenters. The highest BCUT2D eigenvalue weighted by atomic mass is 19.1. The summed E-state index contributed by atoms with van der Waals surface area (Å²) in [6, 6.07) is 10.4. The van der Waals surface area contributed by atoms with Gasteiger partial charge >= 0.3 is 0 Å². The van der Waals surface area contributed by atoms with E-state index >= 15 is 0 Å². The predicted molar refractivity (Wildman–Crippen MR) is 128 cm³/mol. The Morgan fingerprint density at radius 2 is 1.85 bits per heavy atom. The van der Waals surface area contributed by atoms with Crippen molar-refractivity contribution in [2.75, 3.05) is 5.32 Å². The number of anilines is 1. The minimum atomic E-state index is -0.487. The second-order valence-electron chi connectivity index (χ2n) is 10.2. The third-order valence-corrected chi connectivity index (χ3v) is 7.97. The van der Waals surface area contributed by atoms with Crippen LogP contribution in [0.4, 0.5) is 10.2 Å². The molecule has 2 aromatic heterocycles. The van der Waals surface area contributed by atoms with Crippen LogP contribution in [0.5, 0.6) is 0 Å². The van der Waals surface area contributed by atoms with E-state index in [2.05, 4.69) is 27.3 Å². The van der Waals surface area contributed by atoms with Gasteiger partial charge in [-0.25, -0.2) is 9.37 Å². The first-order valence-electron chi connectivity index (χ1n) is 11.6. The van der Waals surface area contributed by atoms with E-state index in [4.69, 9.17) is 6.42 Å². The van der Waals surface area contributed by atoms with Gasteiger partial charge in [0.25, 0.3) is 0 Å². The van der Waals surface area contributed by atoms with Crippen LogP contribution in [0.25, 0.3) is 10.9 Å². The van der Waals surface area contributed by atoms with Gasteiger partial charge in [0.05, 0.1) is 5.52 Å². The number of rotatable bonds is 4. The molecular weight excluding hydrogens is 413 g/mol. The monoisotopic (exact) mass is 441 g/mol. The molecule has 1 N–H and O–H groups in total. The molecule has 5 rings (SSSR count). The predicted octanol–water partition coefficient (Wildman–Crippen LogP) is 5.93. The fraction of sp³-hybridized carbons (Fsp3) is 0.393. The van der Waals surface area contributed by atoms with Gasteiger partial charge in [-0.1, -0.05) is 19.8 Å². The minimum Gasteiger partial charge on any atom is -0.310 e. The maximum atomic E-state index is 13.9. The van der Waals surface area contributed by atoms with Crippen molar-refractivity contribution in [3.8, 4) is 12.3 Å². The van der Waals surface area contributed by atoms with E-state index < -0.39 is 5.41 Å². The van der Waals surface area contributed by atoms with E-state index in [9.17, 15) is 9.18 Å². The highest BCUT2D eigenvalue weighted by Gasteiger charge is 2.49. The number of halogens is 1. The molecule has 0 aliphatic heterocycles. The van der Waals surface area contributed by atoms with Gasteiger partial charge in [0.15, 0.2) is 0 Å². The van der Waals surface area contributed by atoms with Gasteiger partial charge in [-0.05, 0) is 91.3 Å². The van der Waals surface area contributed by atoms with Crippen LogP contribution in [0.2, 0.25) is 0 Å². The quantitative estimate of drug-likeness (QED) is 0.510. The highest BCUT2D eigenvalue weighted by molar-refractivity contribution is 5.94. The summed E-state index contributed by atoms with van der Waals surface area (Å²) in [4.78, 5) is 21.8. The van der Waals surface area contributed by atoms with E-state index in [1.165, 1.54) is 11.6 Å². The molecule has 2 aliphatic rings. The first-order chi connectivity index (χ1) is 15.8. The summed E-state index contributed by atoms with van der Waals surface area (Å²) in [5.74, 6) is 4.78. The molecule has 2 heterocycles. The summed E-state index contributed by atoms with van der Waals surface area (Å²) in [5.41, 5.74) is 2.27. The maximum Gasteiger partial charge on any atom is 0.231 e. The number of benzene rings is 1. The van der Waals surface area contributed by atoms with Crippen LogP contribution < -0.4 is 5.32 Å². The van der Waals surface area contributed by atoms with Crippen molar-refractivity contribution < 1.29 is 9.18 Å². The second-order valence-corrected chi connectivity index (χ2v) is 10.2. The van der Waals surface area contributed by atoms with Gasteiger partial charge in [0.1, 0.15) is 11.6 Å². The van der Waals surface area contributed by atoms with Gasteiger partial charge < -0.3 is 5.32 Å². The Kier molecular flexibility index (Phi) is 5.40. The van der Waals surface area contributed by atoms with Gasteiger partial charge in [-0.15, -0.1) is 6.42 Å². The molecular formula is C28H28FN3O. The van der Waals surface area contributed by atoms with Crippen LogP contribution in [0.15, 0.2) is 48.8 Å². The summed E-state index contributed by atoms with van der Waals surface area (Å²) < 4.78 is 13.9. The number of hydrogen-bond acceptors (Lipinski definition) is 3. The molecule has 4 nitrogen and oxygen atoms in total. The van der Waals surface area contributed by atoms with Crippen LogP contribution in [-0.2, 0) is 4.79 Å². The number of pyridine rings is 2. The number of amides is 1. The van der Waals surface area contributed by atoms with Crippen LogP contribution in [-0.4, -0.2) is 15.9 Å². The summed E-state index contributed by atoms with van der Waals surface area (Å²) in [6.45, 7) is 4.08. The molecule has 4 atom stereocenters. The van der Waals surface area contributed by atoms with Crippen LogP contribution >= 0.6 is 0 Å². The molecule has 0 bridgehead atoms. The number of fused-ring (bicyclic) bond motifs is 2. The largest absolute Gasteiger partial charge is 0.310 e. The van der Waals surface area contributed by atoms with E-state index in [0.717, 1.165) is 36.6 Å². The lowest BCUT2D eigenvalue weighted by atomic mass is 9.75. The minimum absolute atomic E-state index is 0.000541. The normalized spacial score (nSPS) is 24.4. The topological polar surface area (TPSA) is 54.9 Å². The lowest BCUT2D eigenvalue weighted by Crippen LogP contribution is -2.37. The molecule has 1 amide bonds. The van der Waals surface area contributed by atoms with Gasteiger partial charge in [-0.2, -0.15) is 0 Å². The molecule has 2 fully saturated rings. The Hall–Kier alpha value is -3.26. The lowest BCUT2D eigenvalue weighted by molar-refractivity contribution is -0.126. The van der Waals surface area contributed by atoms with Crippen molar-refractivity contribution in [1.29, 1.82) is 0 Å². The number of carbonyl (C=O) groups excluding carboxylic acids is 1. The zero-order valence-electron chi connectivity index (χ0n) is 19.0. The zero-order chi connectivity index (χ0) is 23.2. The summed E-state index contributed by atoms with van der Waals surface area (Å²) >= 11 is 0. The van der Waals surface area contributed by atoms with E-state index in [0.29, 0.717) is 35.1 Å². The summed E-state index contributed by atoms with van der Waals surface area (Å²) in [6.07, 6.45) is 13.1. The fourth-order valence-corrected chi connectivity index (χ4v) is 5.97. The molecule has 5 heteroatoms. The van der Waals surface area contributed by atoms with Crippen molar-refractivity contribution >= 4 is 22.6 Å². The molecule has 0 saturated heterocycles. The molecule has 1 aromatic carbocycles. The second kappa shape index (κ2) is 8.26. The number of terminal acetylenes is 1. The molecule has 2 saturated carbocycles. The Morgan fingerprint density at radius 3 is 2.52 bits per heavy atom. The smallest absolute Gasteiger partial charge is 0.231 e. The van der Waals surface area contributed by atoms with Crippen molar-refractivity contribution in [2.24, 2.45) is 23.2 Å². The fourth-order valence-electron chi connectivity index (χ4n) is 5.97. The first-order valence-corrected chi connectivity index (χ1v) is 11.6. The molecule has 33 heavy (non-hydrogen) atoms. The van der Waals surface area contributed by atoms with Crippen molar-refractivity contribution in [2.45, 2.75) is 45.4 Å². The van der Waals surface area contributed by atoms with E-state index in [1.54, 1.807) is 30.5 Å². The number of aromatic nitrogens is 2. The first kappa shape index (κ1) is 21.6. The van der Waals surface area contributed by atoms with E-state index in [1.807, 2.05) is 20.0 Å². The molecule has 3 aromatic rings. The number of hydrogen-bond donors (Lipinski definition) is 1. The van der Waals surface area contributed by atoms with Crippen LogP contribution in [0, 0.1) is 41.3 Å². The number of nitrogens with zero attached hydrogens (tertiary/aromatic N) is 2. The Bertz CT molecular complexity index is 1230. The van der Waals surface area contributed by atoms with Gasteiger partial charge in [0.2, 0.25) is 5.91 Å². The Morgan fingerprint density at radius 1 is 1.09 bits per heavy atom. The lowest BCUT2D eigenvalue weighted by Gasteiger charge is -2.31. The molecule has 168 valence electrons. The van der Waals surface area contributed by atoms with Gasteiger partial charge in [-0.3, -0.25) is 9.78 Å². The number of carbonyl (C=O) groups is 1. The van der Waals surface area contributed by atoms with Crippen LogP contribution in [0.3, 0.4) is 0 Å². The van der Waals surface area contributed by atoms with Crippen molar-refractivity contribution in [1.82, 2.24) is 9.97 Å². The SMILES string of the molecule is C#Cc1ccc(NC(=O)C(C)(C)[C@H]2CC3C[C@H](c4ccnc5ccc(F)cc45)C[C@@H]3C2)nc1. The Labute approximate surface area is 194 Å². The summed E-state index contributed by atoms with van der Waals surface area (Å²) in [7, 11) is 0. The summed E-state index contributed by atoms with van der Waals surface area (Å²) in [5, 5.41) is 3.91.